The van der Waals surface area contributed by atoms with E-state index in [0.29, 0.717) is 30.1 Å². The van der Waals surface area contributed by atoms with Gasteiger partial charge in [-0.05, 0) is 26.3 Å². The van der Waals surface area contributed by atoms with Crippen molar-refractivity contribution < 1.29 is 4.74 Å². The highest BCUT2D eigenvalue weighted by Gasteiger charge is 2.31. The summed E-state index contributed by atoms with van der Waals surface area (Å²) in [5.41, 5.74) is 1.63. The molecule has 0 unspecified atom stereocenters. The van der Waals surface area contributed by atoms with Crippen molar-refractivity contribution in [1.82, 2.24) is 9.55 Å². The number of hydrogen-bond donors (Lipinski definition) is 0. The minimum absolute atomic E-state index is 0.0429. The third-order valence-electron chi connectivity index (χ3n) is 3.85. The minimum Gasteiger partial charge on any atom is -0.370 e. The number of thiophene rings is 1. The van der Waals surface area contributed by atoms with Crippen LogP contribution >= 0.6 is 23.1 Å². The summed E-state index contributed by atoms with van der Waals surface area (Å²) in [6, 6.07) is 2.09. The molecule has 0 aliphatic carbocycles. The van der Waals surface area contributed by atoms with Crippen molar-refractivity contribution in [2.75, 3.05) is 5.75 Å². The molecule has 5 nitrogen and oxygen atoms in total. The second-order valence-corrected chi connectivity index (χ2v) is 8.62. The van der Waals surface area contributed by atoms with Gasteiger partial charge in [0, 0.05) is 17.8 Å². The molecule has 1 aliphatic rings. The van der Waals surface area contributed by atoms with Gasteiger partial charge in [0.15, 0.2) is 5.16 Å². The van der Waals surface area contributed by atoms with Gasteiger partial charge in [0.1, 0.15) is 4.83 Å². The van der Waals surface area contributed by atoms with Crippen LogP contribution < -0.4 is 5.56 Å². The van der Waals surface area contributed by atoms with Gasteiger partial charge >= 0.3 is 0 Å². The Kier molecular flexibility index (Phi) is 4.56. The number of nitrogens with zero attached hydrogens (tertiary/aromatic N) is 3. The van der Waals surface area contributed by atoms with E-state index >= 15 is 0 Å². The maximum atomic E-state index is 13.1. The van der Waals surface area contributed by atoms with Crippen LogP contribution in [0.3, 0.4) is 0 Å². The number of aromatic nitrogens is 2. The number of allylic oxidation sites excluding steroid dienone is 1. The SMILES string of the molecule is C=C(C)Cn1c(SCC#N)nc2sc3c(c2c1=O)CC(C)(C)OC3. The first-order valence-corrected chi connectivity index (χ1v) is 9.46. The van der Waals surface area contributed by atoms with Gasteiger partial charge in [-0.1, -0.05) is 23.9 Å². The first-order valence-electron chi connectivity index (χ1n) is 7.65. The van der Waals surface area contributed by atoms with Gasteiger partial charge in [0.2, 0.25) is 0 Å². The summed E-state index contributed by atoms with van der Waals surface area (Å²) < 4.78 is 7.50. The molecule has 126 valence electrons. The summed E-state index contributed by atoms with van der Waals surface area (Å²) in [5.74, 6) is 0.259. The quantitative estimate of drug-likeness (QED) is 0.474. The van der Waals surface area contributed by atoms with E-state index < -0.39 is 0 Å². The van der Waals surface area contributed by atoms with Crippen LogP contribution in [0, 0.1) is 11.3 Å². The fourth-order valence-corrected chi connectivity index (χ4v) is 4.63. The van der Waals surface area contributed by atoms with Crippen molar-refractivity contribution in [3.05, 3.63) is 32.9 Å². The zero-order valence-electron chi connectivity index (χ0n) is 14.0. The summed E-state index contributed by atoms with van der Waals surface area (Å²) in [5, 5.41) is 10.1. The number of ether oxygens (including phenoxy) is 1. The first kappa shape index (κ1) is 17.2. The summed E-state index contributed by atoms with van der Waals surface area (Å²) in [6.45, 7) is 10.8. The molecule has 2 aromatic heterocycles. The molecular weight excluding hydrogens is 342 g/mol. The highest BCUT2D eigenvalue weighted by Crippen LogP contribution is 2.37. The third-order valence-corrected chi connectivity index (χ3v) is 5.79. The summed E-state index contributed by atoms with van der Waals surface area (Å²) in [6.07, 6.45) is 0.705. The monoisotopic (exact) mass is 361 g/mol. The Morgan fingerprint density at radius 1 is 1.58 bits per heavy atom. The Labute approximate surface area is 149 Å². The highest BCUT2D eigenvalue weighted by molar-refractivity contribution is 7.99. The highest BCUT2D eigenvalue weighted by atomic mass is 32.2. The van der Waals surface area contributed by atoms with Gasteiger partial charge < -0.3 is 4.74 Å². The Bertz CT molecular complexity index is 919. The topological polar surface area (TPSA) is 67.9 Å². The lowest BCUT2D eigenvalue weighted by atomic mass is 9.94. The maximum absolute atomic E-state index is 13.1. The fraction of sp³-hybridized carbons (Fsp3) is 0.471. The van der Waals surface area contributed by atoms with E-state index in [2.05, 4.69) is 17.6 Å². The number of rotatable bonds is 4. The number of thioether (sulfide) groups is 1. The lowest BCUT2D eigenvalue weighted by molar-refractivity contribution is -0.0379. The third kappa shape index (κ3) is 3.14. The zero-order chi connectivity index (χ0) is 17.5. The number of fused-ring (bicyclic) bond motifs is 3. The van der Waals surface area contributed by atoms with Crippen molar-refractivity contribution in [1.29, 1.82) is 5.26 Å². The average Bonchev–Trinajstić information content (AvgIpc) is 2.84. The normalized spacial score (nSPS) is 15.9. The number of nitriles is 1. The van der Waals surface area contributed by atoms with Gasteiger partial charge in [-0.2, -0.15) is 5.26 Å². The molecule has 0 N–H and O–H groups in total. The van der Waals surface area contributed by atoms with Crippen LogP contribution in [0.2, 0.25) is 0 Å². The van der Waals surface area contributed by atoms with Gasteiger partial charge in [0.25, 0.3) is 5.56 Å². The molecular formula is C17H19N3O2S2. The molecule has 0 amide bonds. The molecule has 0 bridgehead atoms. The molecule has 3 rings (SSSR count). The predicted octanol–water partition coefficient (Wildman–Crippen LogP) is 3.50. The van der Waals surface area contributed by atoms with E-state index in [1.165, 1.54) is 23.1 Å². The summed E-state index contributed by atoms with van der Waals surface area (Å²) in [7, 11) is 0. The lowest BCUT2D eigenvalue weighted by Crippen LogP contribution is -2.32. The molecule has 7 heteroatoms. The van der Waals surface area contributed by atoms with Crippen molar-refractivity contribution >= 4 is 33.3 Å². The Morgan fingerprint density at radius 2 is 2.33 bits per heavy atom. The van der Waals surface area contributed by atoms with Gasteiger partial charge in [0.05, 0.1) is 29.4 Å². The predicted molar refractivity (Wildman–Crippen MR) is 97.6 cm³/mol. The van der Waals surface area contributed by atoms with Crippen LogP contribution in [0.25, 0.3) is 10.2 Å². The molecule has 0 spiro atoms. The molecule has 0 saturated heterocycles. The Hall–Kier alpha value is -1.62. The molecule has 0 aromatic carbocycles. The molecule has 0 atom stereocenters. The minimum atomic E-state index is -0.277. The van der Waals surface area contributed by atoms with Gasteiger partial charge in [-0.3, -0.25) is 9.36 Å². The average molecular weight is 361 g/mol. The molecule has 0 radical (unpaired) electrons. The van der Waals surface area contributed by atoms with Crippen LogP contribution in [-0.2, 0) is 24.3 Å². The standard InChI is InChI=1S/C17H19N3O2S2/c1-10(2)8-20-15(21)13-11-7-17(3,4)22-9-12(11)24-14(13)19-16(20)23-6-5-18/h1,6-9H2,2-4H3. The summed E-state index contributed by atoms with van der Waals surface area (Å²) >= 11 is 2.81. The smallest absolute Gasteiger partial charge is 0.263 e. The van der Waals surface area contributed by atoms with Gasteiger partial charge in [-0.25, -0.2) is 4.98 Å². The van der Waals surface area contributed by atoms with Crippen molar-refractivity contribution in [3.63, 3.8) is 0 Å². The Morgan fingerprint density at radius 3 is 3.00 bits per heavy atom. The zero-order valence-corrected chi connectivity index (χ0v) is 15.6. The van der Waals surface area contributed by atoms with Crippen molar-refractivity contribution in [3.8, 4) is 6.07 Å². The van der Waals surface area contributed by atoms with E-state index in [4.69, 9.17) is 10.00 Å². The second-order valence-electron chi connectivity index (χ2n) is 6.60. The summed E-state index contributed by atoms with van der Waals surface area (Å²) in [4.78, 5) is 19.6. The van der Waals surface area contributed by atoms with Crippen molar-refractivity contribution in [2.24, 2.45) is 0 Å². The molecule has 0 saturated carbocycles. The maximum Gasteiger partial charge on any atom is 0.263 e. The molecule has 24 heavy (non-hydrogen) atoms. The largest absolute Gasteiger partial charge is 0.370 e. The Balaban J connectivity index is 2.23. The van der Waals surface area contributed by atoms with E-state index in [9.17, 15) is 4.79 Å². The molecule has 3 heterocycles. The molecule has 0 fully saturated rings. The van der Waals surface area contributed by atoms with Gasteiger partial charge in [-0.15, -0.1) is 11.3 Å². The van der Waals surface area contributed by atoms with Crippen LogP contribution in [0.5, 0.6) is 0 Å². The van der Waals surface area contributed by atoms with E-state index in [-0.39, 0.29) is 16.9 Å². The van der Waals surface area contributed by atoms with Crippen LogP contribution in [-0.4, -0.2) is 20.9 Å². The van der Waals surface area contributed by atoms with Crippen LogP contribution in [0.4, 0.5) is 0 Å². The van der Waals surface area contributed by atoms with E-state index in [0.717, 1.165) is 20.8 Å². The van der Waals surface area contributed by atoms with E-state index in [1.807, 2.05) is 20.8 Å². The van der Waals surface area contributed by atoms with E-state index in [1.54, 1.807) is 4.57 Å². The number of hydrogen-bond acceptors (Lipinski definition) is 6. The van der Waals surface area contributed by atoms with Crippen LogP contribution in [0.1, 0.15) is 31.2 Å². The van der Waals surface area contributed by atoms with Crippen molar-refractivity contribution in [2.45, 2.75) is 51.1 Å². The fourth-order valence-electron chi connectivity index (χ4n) is 2.82. The second kappa shape index (κ2) is 6.36. The molecule has 2 aromatic rings. The lowest BCUT2D eigenvalue weighted by Gasteiger charge is -2.29. The van der Waals surface area contributed by atoms with Crippen LogP contribution in [0.15, 0.2) is 22.1 Å². The first-order chi connectivity index (χ1) is 11.3. The molecule has 1 aliphatic heterocycles.